The Bertz CT molecular complexity index is 221. The highest BCUT2D eigenvalue weighted by Crippen LogP contribution is 2.43. The number of carbonyl (C=O) groups excluding carboxylic acids is 1. The summed E-state index contributed by atoms with van der Waals surface area (Å²) in [5.74, 6) is 0. The van der Waals surface area contributed by atoms with Gasteiger partial charge in [0.05, 0.1) is 11.2 Å². The first-order valence-corrected chi connectivity index (χ1v) is 5.48. The van der Waals surface area contributed by atoms with Gasteiger partial charge in [0.15, 0.2) is 5.12 Å². The molecular formula is C10H18O2S. The van der Waals surface area contributed by atoms with Gasteiger partial charge in [-0.05, 0) is 34.1 Å². The lowest BCUT2D eigenvalue weighted by Crippen LogP contribution is -2.31. The molecule has 13 heavy (non-hydrogen) atoms. The van der Waals surface area contributed by atoms with Crippen LogP contribution < -0.4 is 0 Å². The highest BCUT2D eigenvalue weighted by Gasteiger charge is 2.46. The molecule has 0 amide bonds. The first-order chi connectivity index (χ1) is 5.73. The molecule has 0 aromatic rings. The zero-order valence-electron chi connectivity index (χ0n) is 9.01. The summed E-state index contributed by atoms with van der Waals surface area (Å²) in [5, 5.41) is 0.472. The van der Waals surface area contributed by atoms with Gasteiger partial charge in [0.25, 0.3) is 0 Å². The van der Waals surface area contributed by atoms with E-state index in [1.165, 1.54) is 11.8 Å². The zero-order chi connectivity index (χ0) is 10.3. The molecule has 0 radical (unpaired) electrons. The molecule has 0 aliphatic carbocycles. The SMILES string of the molecule is CC(=O)SC1CC(C)(C)OC1(C)C. The van der Waals surface area contributed by atoms with E-state index in [-0.39, 0.29) is 16.3 Å². The van der Waals surface area contributed by atoms with Crippen molar-refractivity contribution in [2.45, 2.75) is 57.5 Å². The Labute approximate surface area is 84.4 Å². The fourth-order valence-electron chi connectivity index (χ4n) is 1.90. The zero-order valence-corrected chi connectivity index (χ0v) is 9.83. The minimum Gasteiger partial charge on any atom is -0.368 e. The summed E-state index contributed by atoms with van der Waals surface area (Å²) < 4.78 is 5.88. The predicted molar refractivity (Wildman–Crippen MR) is 55.9 cm³/mol. The maximum atomic E-state index is 11.0. The number of hydrogen-bond acceptors (Lipinski definition) is 3. The van der Waals surface area contributed by atoms with Gasteiger partial charge in [-0.1, -0.05) is 11.8 Å². The average molecular weight is 202 g/mol. The van der Waals surface area contributed by atoms with Gasteiger partial charge in [0, 0.05) is 12.2 Å². The molecule has 0 N–H and O–H groups in total. The van der Waals surface area contributed by atoms with Gasteiger partial charge in [-0.15, -0.1) is 0 Å². The van der Waals surface area contributed by atoms with E-state index in [0.717, 1.165) is 6.42 Å². The van der Waals surface area contributed by atoms with Crippen LogP contribution in [0.5, 0.6) is 0 Å². The maximum absolute atomic E-state index is 11.0. The maximum Gasteiger partial charge on any atom is 0.186 e. The lowest BCUT2D eigenvalue weighted by molar-refractivity contribution is -0.109. The van der Waals surface area contributed by atoms with E-state index in [9.17, 15) is 4.79 Å². The first-order valence-electron chi connectivity index (χ1n) is 4.60. The van der Waals surface area contributed by atoms with Crippen LogP contribution in [0.2, 0.25) is 0 Å². The third kappa shape index (κ3) is 2.71. The fraction of sp³-hybridized carbons (Fsp3) is 0.900. The molecule has 0 spiro atoms. The molecule has 1 fully saturated rings. The summed E-state index contributed by atoms with van der Waals surface area (Å²) in [6, 6.07) is 0. The van der Waals surface area contributed by atoms with Gasteiger partial charge in [-0.3, -0.25) is 4.79 Å². The van der Waals surface area contributed by atoms with E-state index in [0.29, 0.717) is 5.25 Å². The second-order valence-electron chi connectivity index (χ2n) is 4.77. The van der Waals surface area contributed by atoms with Crippen LogP contribution >= 0.6 is 11.8 Å². The standard InChI is InChI=1S/C10H18O2S/c1-7(11)13-8-6-9(2,3)12-10(8,4)5/h8H,6H2,1-5H3. The lowest BCUT2D eigenvalue weighted by Gasteiger charge is -2.26. The quantitative estimate of drug-likeness (QED) is 0.654. The van der Waals surface area contributed by atoms with Gasteiger partial charge < -0.3 is 4.74 Å². The molecule has 1 unspecified atom stereocenters. The van der Waals surface area contributed by atoms with E-state index in [1.54, 1.807) is 6.92 Å². The van der Waals surface area contributed by atoms with Crippen LogP contribution in [0.1, 0.15) is 41.0 Å². The second-order valence-corrected chi connectivity index (χ2v) is 6.15. The molecular weight excluding hydrogens is 184 g/mol. The summed E-state index contributed by atoms with van der Waals surface area (Å²) in [6.07, 6.45) is 0.949. The van der Waals surface area contributed by atoms with Crippen LogP contribution in [-0.2, 0) is 9.53 Å². The molecule has 1 rings (SSSR count). The van der Waals surface area contributed by atoms with Crippen molar-refractivity contribution in [2.75, 3.05) is 0 Å². The average Bonchev–Trinajstić information content (AvgIpc) is 1.98. The van der Waals surface area contributed by atoms with Crippen molar-refractivity contribution in [2.24, 2.45) is 0 Å². The van der Waals surface area contributed by atoms with Crippen molar-refractivity contribution in [3.05, 3.63) is 0 Å². The molecule has 1 aliphatic rings. The Kier molecular flexibility index (Phi) is 2.79. The Hall–Kier alpha value is -0.0200. The molecule has 1 aliphatic heterocycles. The second kappa shape index (κ2) is 3.28. The number of thioether (sulfide) groups is 1. The summed E-state index contributed by atoms with van der Waals surface area (Å²) >= 11 is 1.41. The third-order valence-corrected chi connectivity index (χ3v) is 3.65. The number of rotatable bonds is 1. The first kappa shape index (κ1) is 11.1. The van der Waals surface area contributed by atoms with Crippen molar-refractivity contribution in [3.63, 3.8) is 0 Å². The molecule has 0 bridgehead atoms. The summed E-state index contributed by atoms with van der Waals surface area (Å²) in [4.78, 5) is 11.0. The van der Waals surface area contributed by atoms with Crippen LogP contribution in [-0.4, -0.2) is 21.6 Å². The van der Waals surface area contributed by atoms with Crippen LogP contribution in [0.25, 0.3) is 0 Å². The molecule has 3 heteroatoms. The molecule has 0 saturated carbocycles. The smallest absolute Gasteiger partial charge is 0.186 e. The molecule has 1 saturated heterocycles. The molecule has 76 valence electrons. The molecule has 0 aromatic carbocycles. The van der Waals surface area contributed by atoms with Crippen LogP contribution in [0.4, 0.5) is 0 Å². The number of carbonyl (C=O) groups is 1. The van der Waals surface area contributed by atoms with E-state index >= 15 is 0 Å². The van der Waals surface area contributed by atoms with Gasteiger partial charge in [0.1, 0.15) is 0 Å². The third-order valence-electron chi connectivity index (χ3n) is 2.30. The topological polar surface area (TPSA) is 26.3 Å². The molecule has 2 nitrogen and oxygen atoms in total. The van der Waals surface area contributed by atoms with E-state index in [4.69, 9.17) is 4.74 Å². The fourth-order valence-corrected chi connectivity index (χ4v) is 3.11. The van der Waals surface area contributed by atoms with Crippen molar-refractivity contribution in [3.8, 4) is 0 Å². The van der Waals surface area contributed by atoms with Crippen LogP contribution in [0.3, 0.4) is 0 Å². The summed E-state index contributed by atoms with van der Waals surface area (Å²) in [7, 11) is 0. The van der Waals surface area contributed by atoms with Gasteiger partial charge in [-0.2, -0.15) is 0 Å². The van der Waals surface area contributed by atoms with Crippen molar-refractivity contribution >= 4 is 16.9 Å². The Morgan fingerprint density at radius 3 is 2.23 bits per heavy atom. The monoisotopic (exact) mass is 202 g/mol. The Morgan fingerprint density at radius 1 is 1.38 bits per heavy atom. The minimum absolute atomic E-state index is 0.0867. The highest BCUT2D eigenvalue weighted by molar-refractivity contribution is 8.14. The number of hydrogen-bond donors (Lipinski definition) is 0. The molecule has 1 atom stereocenters. The highest BCUT2D eigenvalue weighted by atomic mass is 32.2. The van der Waals surface area contributed by atoms with Gasteiger partial charge >= 0.3 is 0 Å². The summed E-state index contributed by atoms with van der Waals surface area (Å²) in [5.41, 5.74) is -0.267. The molecule has 1 heterocycles. The van der Waals surface area contributed by atoms with Crippen LogP contribution in [0, 0.1) is 0 Å². The van der Waals surface area contributed by atoms with E-state index in [2.05, 4.69) is 27.7 Å². The Balaban J connectivity index is 2.70. The normalized spacial score (nSPS) is 30.4. The van der Waals surface area contributed by atoms with Crippen molar-refractivity contribution in [1.82, 2.24) is 0 Å². The van der Waals surface area contributed by atoms with E-state index < -0.39 is 0 Å². The van der Waals surface area contributed by atoms with Crippen molar-refractivity contribution < 1.29 is 9.53 Å². The van der Waals surface area contributed by atoms with Gasteiger partial charge in [-0.25, -0.2) is 0 Å². The molecule has 0 aromatic heterocycles. The Morgan fingerprint density at radius 2 is 1.92 bits per heavy atom. The summed E-state index contributed by atoms with van der Waals surface area (Å²) in [6.45, 7) is 9.89. The lowest BCUT2D eigenvalue weighted by atomic mass is 10.0. The number of ether oxygens (including phenoxy) is 1. The van der Waals surface area contributed by atoms with Crippen molar-refractivity contribution in [1.29, 1.82) is 0 Å². The van der Waals surface area contributed by atoms with E-state index in [1.807, 2.05) is 0 Å². The largest absolute Gasteiger partial charge is 0.368 e. The minimum atomic E-state index is -0.181. The van der Waals surface area contributed by atoms with Gasteiger partial charge in [0.2, 0.25) is 0 Å². The van der Waals surface area contributed by atoms with Crippen LogP contribution in [0.15, 0.2) is 0 Å². The predicted octanol–water partition coefficient (Wildman–Crippen LogP) is 2.61.